The third kappa shape index (κ3) is 8.59. The molecule has 2 rings (SSSR count). The topological polar surface area (TPSA) is 151 Å². The van der Waals surface area contributed by atoms with Gasteiger partial charge in [-0.05, 0) is 11.1 Å². The molecule has 0 aliphatic rings. The zero-order chi connectivity index (χ0) is 24.2. The van der Waals surface area contributed by atoms with Crippen LogP contribution in [0.3, 0.4) is 0 Å². The first-order chi connectivity index (χ1) is 15.8. The molecule has 0 saturated heterocycles. The first kappa shape index (κ1) is 25.9. The summed E-state index contributed by atoms with van der Waals surface area (Å²) < 4.78 is 0. The van der Waals surface area contributed by atoms with Gasteiger partial charge < -0.3 is 26.8 Å². The molecule has 33 heavy (non-hydrogen) atoms. The molecule has 0 aliphatic carbocycles. The number of hydrogen-bond donors (Lipinski definition) is 6. The normalized spacial score (nSPS) is 13.3. The summed E-state index contributed by atoms with van der Waals surface area (Å²) in [5, 5.41) is 16.9. The number of carbonyl (C=O) groups is 4. The highest BCUT2D eigenvalue weighted by molar-refractivity contribution is 7.80. The Morgan fingerprint density at radius 3 is 1.58 bits per heavy atom. The number of thiol groups is 1. The molecule has 0 radical (unpaired) electrons. The molecule has 3 atom stereocenters. The summed E-state index contributed by atoms with van der Waals surface area (Å²) in [4.78, 5) is 49.2. The first-order valence-electron chi connectivity index (χ1n) is 10.4. The molecular formula is C23H28N4O5S. The molecule has 10 heteroatoms. The standard InChI is InChI=1S/C23H28N4O5S/c24-13-20(28)25-17(11-15-7-3-1-4-8-15)21(29)26-18(12-16-9-5-2-6-10-16)22(30)27-19(14-33)23(31)32/h1-10,17-19,33H,11-14,24H2,(H,25,28)(H,26,29)(H,27,30)(H,31,32). The number of carbonyl (C=O) groups excluding carboxylic acids is 3. The molecule has 3 unspecified atom stereocenters. The Kier molecular flexibility index (Phi) is 10.4. The molecule has 176 valence electrons. The molecule has 0 spiro atoms. The minimum Gasteiger partial charge on any atom is -0.480 e. The second kappa shape index (κ2) is 13.2. The fourth-order valence-corrected chi connectivity index (χ4v) is 3.35. The van der Waals surface area contributed by atoms with Gasteiger partial charge in [0.15, 0.2) is 0 Å². The number of nitrogens with one attached hydrogen (secondary N) is 3. The minimum absolute atomic E-state index is 0.115. The molecule has 0 aliphatic heterocycles. The Morgan fingerprint density at radius 2 is 1.18 bits per heavy atom. The van der Waals surface area contributed by atoms with Crippen LogP contribution in [-0.4, -0.2) is 59.2 Å². The molecule has 0 fully saturated rings. The molecule has 9 nitrogen and oxygen atoms in total. The van der Waals surface area contributed by atoms with Crippen molar-refractivity contribution in [3.8, 4) is 0 Å². The Hall–Kier alpha value is -3.37. The zero-order valence-corrected chi connectivity index (χ0v) is 18.8. The second-order valence-corrected chi connectivity index (χ2v) is 7.71. The first-order valence-corrected chi connectivity index (χ1v) is 11.0. The van der Waals surface area contributed by atoms with Gasteiger partial charge in [0, 0.05) is 18.6 Å². The highest BCUT2D eigenvalue weighted by atomic mass is 32.1. The molecule has 3 amide bonds. The Balaban J connectivity index is 2.23. The number of hydrogen-bond acceptors (Lipinski definition) is 6. The summed E-state index contributed by atoms with van der Waals surface area (Å²) >= 11 is 3.96. The SMILES string of the molecule is NCC(=O)NC(Cc1ccccc1)C(=O)NC(Cc1ccccc1)C(=O)NC(CS)C(=O)O. The van der Waals surface area contributed by atoms with E-state index in [1.54, 1.807) is 24.3 Å². The molecule has 0 aromatic heterocycles. The maximum Gasteiger partial charge on any atom is 0.327 e. The van der Waals surface area contributed by atoms with Crippen molar-refractivity contribution in [2.24, 2.45) is 5.73 Å². The van der Waals surface area contributed by atoms with Crippen LogP contribution in [0.1, 0.15) is 11.1 Å². The molecule has 6 N–H and O–H groups in total. The van der Waals surface area contributed by atoms with E-state index in [-0.39, 0.29) is 25.1 Å². The number of nitrogens with two attached hydrogens (primary N) is 1. The third-order valence-electron chi connectivity index (χ3n) is 4.83. The van der Waals surface area contributed by atoms with Crippen molar-refractivity contribution in [3.05, 3.63) is 71.8 Å². The highest BCUT2D eigenvalue weighted by Gasteiger charge is 2.29. The highest BCUT2D eigenvalue weighted by Crippen LogP contribution is 2.07. The fraction of sp³-hybridized carbons (Fsp3) is 0.304. The van der Waals surface area contributed by atoms with E-state index in [2.05, 4.69) is 28.6 Å². The summed E-state index contributed by atoms with van der Waals surface area (Å²) in [6.07, 6.45) is 0.312. The van der Waals surface area contributed by atoms with E-state index in [0.717, 1.165) is 11.1 Å². The summed E-state index contributed by atoms with van der Waals surface area (Å²) in [6.45, 7) is -0.297. The lowest BCUT2D eigenvalue weighted by atomic mass is 10.0. The van der Waals surface area contributed by atoms with Crippen molar-refractivity contribution < 1.29 is 24.3 Å². The van der Waals surface area contributed by atoms with Crippen molar-refractivity contribution in [3.63, 3.8) is 0 Å². The van der Waals surface area contributed by atoms with Gasteiger partial charge >= 0.3 is 5.97 Å². The average molecular weight is 473 g/mol. The Labute approximate surface area is 197 Å². The van der Waals surface area contributed by atoms with E-state index >= 15 is 0 Å². The molecule has 2 aromatic rings. The van der Waals surface area contributed by atoms with E-state index < -0.39 is 41.8 Å². The van der Waals surface area contributed by atoms with Crippen LogP contribution < -0.4 is 21.7 Å². The number of benzene rings is 2. The maximum absolute atomic E-state index is 13.1. The van der Waals surface area contributed by atoms with Crippen LogP contribution in [0.15, 0.2) is 60.7 Å². The maximum atomic E-state index is 13.1. The van der Waals surface area contributed by atoms with Gasteiger partial charge in [-0.1, -0.05) is 60.7 Å². The van der Waals surface area contributed by atoms with E-state index in [1.165, 1.54) is 0 Å². The van der Waals surface area contributed by atoms with Gasteiger partial charge in [-0.15, -0.1) is 0 Å². The summed E-state index contributed by atoms with van der Waals surface area (Å²) in [6, 6.07) is 14.8. The predicted octanol–water partition coefficient (Wildman–Crippen LogP) is -0.101. The predicted molar refractivity (Wildman–Crippen MR) is 127 cm³/mol. The number of aliphatic carboxylic acids is 1. The van der Waals surface area contributed by atoms with E-state index in [0.29, 0.717) is 0 Å². The van der Waals surface area contributed by atoms with Crippen molar-refractivity contribution >= 4 is 36.3 Å². The van der Waals surface area contributed by atoms with Gasteiger partial charge in [0.25, 0.3) is 0 Å². The molecule has 0 heterocycles. The third-order valence-corrected chi connectivity index (χ3v) is 5.20. The van der Waals surface area contributed by atoms with Crippen molar-refractivity contribution in [2.75, 3.05) is 12.3 Å². The van der Waals surface area contributed by atoms with Gasteiger partial charge in [0.05, 0.1) is 6.54 Å². The van der Waals surface area contributed by atoms with Gasteiger partial charge in [0.1, 0.15) is 18.1 Å². The lowest BCUT2D eigenvalue weighted by Crippen LogP contribution is -2.57. The van der Waals surface area contributed by atoms with Crippen LogP contribution in [0, 0.1) is 0 Å². The number of carboxylic acid groups (broad SMARTS) is 1. The quantitative estimate of drug-likeness (QED) is 0.238. The monoisotopic (exact) mass is 472 g/mol. The Bertz CT molecular complexity index is 942. The minimum atomic E-state index is -1.24. The molecule has 2 aromatic carbocycles. The van der Waals surface area contributed by atoms with E-state index in [1.807, 2.05) is 36.4 Å². The van der Waals surface area contributed by atoms with Crippen molar-refractivity contribution in [2.45, 2.75) is 31.0 Å². The van der Waals surface area contributed by atoms with Crippen LogP contribution in [0.4, 0.5) is 0 Å². The smallest absolute Gasteiger partial charge is 0.327 e. The second-order valence-electron chi connectivity index (χ2n) is 7.35. The van der Waals surface area contributed by atoms with Crippen LogP contribution in [0.25, 0.3) is 0 Å². The lowest BCUT2D eigenvalue weighted by Gasteiger charge is -2.24. The average Bonchev–Trinajstić information content (AvgIpc) is 2.82. The Morgan fingerprint density at radius 1 is 0.758 bits per heavy atom. The van der Waals surface area contributed by atoms with E-state index in [9.17, 15) is 24.3 Å². The van der Waals surface area contributed by atoms with Crippen LogP contribution in [0.2, 0.25) is 0 Å². The summed E-state index contributed by atoms with van der Waals surface area (Å²) in [5.41, 5.74) is 6.96. The number of amides is 3. The largest absolute Gasteiger partial charge is 0.480 e. The van der Waals surface area contributed by atoms with E-state index in [4.69, 9.17) is 5.73 Å². The van der Waals surface area contributed by atoms with Gasteiger partial charge in [-0.2, -0.15) is 12.6 Å². The molecule has 0 bridgehead atoms. The lowest BCUT2D eigenvalue weighted by molar-refractivity contribution is -0.141. The molecular weight excluding hydrogens is 444 g/mol. The van der Waals surface area contributed by atoms with Gasteiger partial charge in [-0.3, -0.25) is 14.4 Å². The molecule has 0 saturated carbocycles. The van der Waals surface area contributed by atoms with Crippen molar-refractivity contribution in [1.29, 1.82) is 0 Å². The van der Waals surface area contributed by atoms with Crippen LogP contribution in [0.5, 0.6) is 0 Å². The summed E-state index contributed by atoms with van der Waals surface area (Å²) in [5.74, 6) is -3.13. The zero-order valence-electron chi connectivity index (χ0n) is 17.9. The fourth-order valence-electron chi connectivity index (χ4n) is 3.10. The number of carboxylic acids is 1. The number of rotatable bonds is 12. The summed E-state index contributed by atoms with van der Waals surface area (Å²) in [7, 11) is 0. The van der Waals surface area contributed by atoms with Gasteiger partial charge in [-0.25, -0.2) is 4.79 Å². The van der Waals surface area contributed by atoms with Crippen LogP contribution >= 0.6 is 12.6 Å². The van der Waals surface area contributed by atoms with Crippen LogP contribution in [-0.2, 0) is 32.0 Å². The van der Waals surface area contributed by atoms with Crippen molar-refractivity contribution in [1.82, 2.24) is 16.0 Å². The van der Waals surface area contributed by atoms with Gasteiger partial charge in [0.2, 0.25) is 17.7 Å².